The summed E-state index contributed by atoms with van der Waals surface area (Å²) in [7, 11) is 1.48. The van der Waals surface area contributed by atoms with E-state index in [-0.39, 0.29) is 17.4 Å². The molecule has 0 spiro atoms. The predicted octanol–water partition coefficient (Wildman–Crippen LogP) is 4.95. The van der Waals surface area contributed by atoms with Crippen LogP contribution in [0, 0.1) is 5.82 Å². The number of carbonyl (C=O) groups excluding carboxylic acids is 2. The molecule has 0 N–H and O–H groups in total. The van der Waals surface area contributed by atoms with Crippen molar-refractivity contribution in [3.8, 4) is 0 Å². The van der Waals surface area contributed by atoms with E-state index in [0.29, 0.717) is 34.3 Å². The molecule has 0 saturated heterocycles. The molecule has 3 rings (SSSR count). The molecule has 2 aromatic carbocycles. The quantitative estimate of drug-likeness (QED) is 0.475. The summed E-state index contributed by atoms with van der Waals surface area (Å²) < 4.78 is 26.0. The van der Waals surface area contributed by atoms with Gasteiger partial charge in [-0.1, -0.05) is 36.4 Å². The zero-order valence-corrected chi connectivity index (χ0v) is 18.0. The summed E-state index contributed by atoms with van der Waals surface area (Å²) in [6, 6.07) is 13.6. The lowest BCUT2D eigenvalue weighted by atomic mass is 10.1. The topological polar surface area (TPSA) is 55.8 Å². The first-order chi connectivity index (χ1) is 14.5. The van der Waals surface area contributed by atoms with Crippen LogP contribution in [0.25, 0.3) is 10.1 Å². The summed E-state index contributed by atoms with van der Waals surface area (Å²) in [6.07, 6.45) is -1.08. The minimum Gasteiger partial charge on any atom is -0.443 e. The smallest absolute Gasteiger partial charge is 0.349 e. The summed E-state index contributed by atoms with van der Waals surface area (Å²) in [4.78, 5) is 28.1. The molecule has 3 aromatic rings. The Morgan fingerprint density at radius 1 is 1.07 bits per heavy atom. The summed E-state index contributed by atoms with van der Waals surface area (Å²) in [5, 5.41) is 0.350. The van der Waals surface area contributed by atoms with Crippen LogP contribution in [0.2, 0.25) is 0 Å². The lowest BCUT2D eigenvalue weighted by molar-refractivity contribution is -0.140. The highest BCUT2D eigenvalue weighted by Gasteiger charge is 2.31. The van der Waals surface area contributed by atoms with Gasteiger partial charge in [-0.05, 0) is 26.0 Å². The fraction of sp³-hybridized carbons (Fsp3) is 0.304. The van der Waals surface area contributed by atoms with Gasteiger partial charge in [0.15, 0.2) is 0 Å². The highest BCUT2D eigenvalue weighted by molar-refractivity contribution is 7.21. The van der Waals surface area contributed by atoms with Gasteiger partial charge in [0.1, 0.15) is 10.7 Å². The Bertz CT molecular complexity index is 1030. The molecule has 5 nitrogen and oxygen atoms in total. The number of halogens is 1. The molecule has 1 aromatic heterocycles. The largest absolute Gasteiger partial charge is 0.443 e. The second-order valence-electron chi connectivity index (χ2n) is 6.66. The van der Waals surface area contributed by atoms with Crippen molar-refractivity contribution in [1.82, 2.24) is 4.90 Å². The van der Waals surface area contributed by atoms with Gasteiger partial charge in [-0.2, -0.15) is 0 Å². The van der Waals surface area contributed by atoms with E-state index in [2.05, 4.69) is 0 Å². The Balaban J connectivity index is 2.01. The van der Waals surface area contributed by atoms with Crippen LogP contribution in [0.5, 0.6) is 0 Å². The Kier molecular flexibility index (Phi) is 7.18. The molecule has 30 heavy (non-hydrogen) atoms. The van der Waals surface area contributed by atoms with Crippen LogP contribution in [0.1, 0.15) is 40.8 Å². The standard InChI is InChI=1S/C23H24FNO4S/c1-4-25(5-2)22(26)20(15-10-7-6-8-11-15)29-23(27)21-16(14-28-3)19-17(24)12-9-13-18(19)30-21/h6-13,20H,4-5,14H2,1-3H3/t20-/m1/s1. The number of fused-ring (bicyclic) bond motifs is 1. The van der Waals surface area contributed by atoms with Crippen molar-refractivity contribution in [2.45, 2.75) is 26.6 Å². The monoisotopic (exact) mass is 429 g/mol. The maximum Gasteiger partial charge on any atom is 0.349 e. The molecular weight excluding hydrogens is 405 g/mol. The third kappa shape index (κ3) is 4.37. The van der Waals surface area contributed by atoms with Crippen LogP contribution < -0.4 is 0 Å². The van der Waals surface area contributed by atoms with E-state index in [1.807, 2.05) is 19.9 Å². The zero-order chi connectivity index (χ0) is 21.7. The van der Waals surface area contributed by atoms with Crippen LogP contribution >= 0.6 is 11.3 Å². The Morgan fingerprint density at radius 2 is 1.77 bits per heavy atom. The number of methoxy groups -OCH3 is 1. The first kappa shape index (κ1) is 21.9. The van der Waals surface area contributed by atoms with Crippen LogP contribution in [0.4, 0.5) is 4.39 Å². The molecule has 0 aliphatic rings. The van der Waals surface area contributed by atoms with Gasteiger partial charge in [-0.25, -0.2) is 9.18 Å². The molecular formula is C23H24FNO4S. The SMILES string of the molecule is CCN(CC)C(=O)[C@H](OC(=O)c1sc2cccc(F)c2c1COC)c1ccccc1. The Labute approximate surface area is 179 Å². The molecule has 0 unspecified atom stereocenters. The van der Waals surface area contributed by atoms with Gasteiger partial charge >= 0.3 is 5.97 Å². The van der Waals surface area contributed by atoms with Crippen molar-refractivity contribution in [2.75, 3.05) is 20.2 Å². The molecule has 0 bridgehead atoms. The molecule has 1 atom stereocenters. The Morgan fingerprint density at radius 3 is 2.40 bits per heavy atom. The number of hydrogen-bond donors (Lipinski definition) is 0. The third-order valence-corrected chi connectivity index (χ3v) is 6.04. The van der Waals surface area contributed by atoms with E-state index in [4.69, 9.17) is 9.47 Å². The van der Waals surface area contributed by atoms with Gasteiger partial charge in [0.05, 0.1) is 6.61 Å². The van der Waals surface area contributed by atoms with E-state index < -0.39 is 17.9 Å². The minimum atomic E-state index is -1.08. The van der Waals surface area contributed by atoms with Crippen molar-refractivity contribution in [3.63, 3.8) is 0 Å². The number of esters is 1. The van der Waals surface area contributed by atoms with E-state index >= 15 is 0 Å². The van der Waals surface area contributed by atoms with Gasteiger partial charge in [0.2, 0.25) is 6.10 Å². The van der Waals surface area contributed by atoms with Crippen LogP contribution in [-0.4, -0.2) is 37.0 Å². The van der Waals surface area contributed by atoms with Gasteiger partial charge in [0.25, 0.3) is 5.91 Å². The number of rotatable bonds is 8. The summed E-state index contributed by atoms with van der Waals surface area (Å²) >= 11 is 1.14. The first-order valence-electron chi connectivity index (χ1n) is 9.75. The van der Waals surface area contributed by atoms with Crippen molar-refractivity contribution < 1.29 is 23.5 Å². The molecule has 0 aliphatic heterocycles. The fourth-order valence-electron chi connectivity index (χ4n) is 3.36. The van der Waals surface area contributed by atoms with Crippen molar-refractivity contribution in [3.05, 3.63) is 70.4 Å². The van der Waals surface area contributed by atoms with E-state index in [9.17, 15) is 14.0 Å². The lowest BCUT2D eigenvalue weighted by Gasteiger charge is -2.25. The first-order valence-corrected chi connectivity index (χ1v) is 10.6. The number of thiophene rings is 1. The van der Waals surface area contributed by atoms with Gasteiger partial charge in [0, 0.05) is 41.4 Å². The normalized spacial score (nSPS) is 12.0. The van der Waals surface area contributed by atoms with Gasteiger partial charge in [-0.3, -0.25) is 4.79 Å². The molecule has 158 valence electrons. The average Bonchev–Trinajstić information content (AvgIpc) is 3.13. The second kappa shape index (κ2) is 9.82. The maximum absolute atomic E-state index is 14.4. The summed E-state index contributed by atoms with van der Waals surface area (Å²) in [5.74, 6) is -1.38. The van der Waals surface area contributed by atoms with Crippen molar-refractivity contribution in [1.29, 1.82) is 0 Å². The van der Waals surface area contributed by atoms with Crippen molar-refractivity contribution >= 4 is 33.3 Å². The molecule has 1 amide bonds. The number of nitrogens with zero attached hydrogens (tertiary/aromatic N) is 1. The molecule has 0 fully saturated rings. The van der Waals surface area contributed by atoms with Crippen molar-refractivity contribution in [2.24, 2.45) is 0 Å². The van der Waals surface area contributed by atoms with Gasteiger partial charge in [-0.15, -0.1) is 11.3 Å². The molecule has 0 aliphatic carbocycles. The molecule has 0 saturated carbocycles. The van der Waals surface area contributed by atoms with E-state index in [1.54, 1.807) is 41.3 Å². The predicted molar refractivity (Wildman–Crippen MR) is 115 cm³/mol. The Hall–Kier alpha value is -2.77. The lowest BCUT2D eigenvalue weighted by Crippen LogP contribution is -2.36. The highest BCUT2D eigenvalue weighted by atomic mass is 32.1. The molecule has 7 heteroatoms. The number of likely N-dealkylation sites (N-methyl/N-ethyl adjacent to an activating group) is 1. The summed E-state index contributed by atoms with van der Waals surface area (Å²) in [6.45, 7) is 4.80. The molecule has 0 radical (unpaired) electrons. The van der Waals surface area contributed by atoms with E-state index in [0.717, 1.165) is 11.3 Å². The third-order valence-electron chi connectivity index (χ3n) is 4.86. The zero-order valence-electron chi connectivity index (χ0n) is 17.2. The number of benzene rings is 2. The van der Waals surface area contributed by atoms with Crippen LogP contribution in [-0.2, 0) is 20.9 Å². The number of amides is 1. The average molecular weight is 430 g/mol. The maximum atomic E-state index is 14.4. The second-order valence-corrected chi connectivity index (χ2v) is 7.71. The van der Waals surface area contributed by atoms with Gasteiger partial charge < -0.3 is 14.4 Å². The fourth-order valence-corrected chi connectivity index (χ4v) is 4.47. The molecule has 1 heterocycles. The number of carbonyl (C=O) groups is 2. The van der Waals surface area contributed by atoms with E-state index in [1.165, 1.54) is 13.2 Å². The number of ether oxygens (including phenoxy) is 2. The number of hydrogen-bond acceptors (Lipinski definition) is 5. The minimum absolute atomic E-state index is 0.0609. The highest BCUT2D eigenvalue weighted by Crippen LogP contribution is 2.35. The van der Waals surface area contributed by atoms with Crippen LogP contribution in [0.3, 0.4) is 0 Å². The van der Waals surface area contributed by atoms with Crippen LogP contribution in [0.15, 0.2) is 48.5 Å². The summed E-state index contributed by atoms with van der Waals surface area (Å²) in [5.41, 5.74) is 1.02.